The van der Waals surface area contributed by atoms with Crippen LogP contribution in [0.4, 0.5) is 4.39 Å². The minimum atomic E-state index is -0.401. The molecule has 0 bridgehead atoms. The number of nitrogens with zero attached hydrogens (tertiary/aromatic N) is 1. The number of hydrogen-bond acceptors (Lipinski definition) is 3. The Labute approximate surface area is 109 Å². The van der Waals surface area contributed by atoms with E-state index in [2.05, 4.69) is 0 Å². The zero-order valence-electron chi connectivity index (χ0n) is 9.68. The molecule has 0 radical (unpaired) electrons. The Bertz CT molecular complexity index is 607. The SMILES string of the molecule is COc1cccc(Sc2ccc(F)cc2C#N)c1. The third-order valence-corrected chi connectivity index (χ3v) is 3.40. The Hall–Kier alpha value is -1.99. The number of rotatable bonds is 3. The molecule has 0 saturated carbocycles. The second-order valence-corrected chi connectivity index (χ2v) is 4.65. The highest BCUT2D eigenvalue weighted by Crippen LogP contribution is 2.32. The molecule has 2 nitrogen and oxygen atoms in total. The highest BCUT2D eigenvalue weighted by atomic mass is 32.2. The highest BCUT2D eigenvalue weighted by Gasteiger charge is 2.06. The van der Waals surface area contributed by atoms with E-state index in [9.17, 15) is 4.39 Å². The minimum Gasteiger partial charge on any atom is -0.497 e. The Kier molecular flexibility index (Phi) is 3.85. The van der Waals surface area contributed by atoms with Gasteiger partial charge in [-0.15, -0.1) is 0 Å². The molecular formula is C14H10FNOS. The molecule has 2 aromatic rings. The van der Waals surface area contributed by atoms with Gasteiger partial charge in [0.05, 0.1) is 12.7 Å². The fourth-order valence-electron chi connectivity index (χ4n) is 1.47. The van der Waals surface area contributed by atoms with E-state index in [1.54, 1.807) is 13.2 Å². The first-order valence-corrected chi connectivity index (χ1v) is 6.06. The molecule has 90 valence electrons. The smallest absolute Gasteiger partial charge is 0.124 e. The highest BCUT2D eigenvalue weighted by molar-refractivity contribution is 7.99. The summed E-state index contributed by atoms with van der Waals surface area (Å²) >= 11 is 1.41. The summed E-state index contributed by atoms with van der Waals surface area (Å²) in [7, 11) is 1.60. The van der Waals surface area contributed by atoms with Crippen molar-refractivity contribution in [3.63, 3.8) is 0 Å². The third kappa shape index (κ3) is 2.82. The number of benzene rings is 2. The van der Waals surface area contributed by atoms with Crippen LogP contribution in [-0.4, -0.2) is 7.11 Å². The molecule has 0 saturated heterocycles. The maximum atomic E-state index is 13.0. The fourth-order valence-corrected chi connectivity index (χ4v) is 2.40. The van der Waals surface area contributed by atoms with Crippen LogP contribution in [0.15, 0.2) is 52.3 Å². The van der Waals surface area contributed by atoms with Crippen molar-refractivity contribution < 1.29 is 9.13 Å². The largest absolute Gasteiger partial charge is 0.497 e. The van der Waals surface area contributed by atoms with E-state index in [1.165, 1.54) is 23.9 Å². The molecule has 0 spiro atoms. The summed E-state index contributed by atoms with van der Waals surface area (Å²) in [6, 6.07) is 13.7. The van der Waals surface area contributed by atoms with Gasteiger partial charge >= 0.3 is 0 Å². The van der Waals surface area contributed by atoms with Crippen LogP contribution >= 0.6 is 11.8 Å². The molecule has 0 amide bonds. The monoisotopic (exact) mass is 259 g/mol. The molecule has 0 aliphatic carbocycles. The van der Waals surface area contributed by atoms with Crippen molar-refractivity contribution in [1.82, 2.24) is 0 Å². The van der Waals surface area contributed by atoms with Crippen LogP contribution in [-0.2, 0) is 0 Å². The molecule has 0 atom stereocenters. The molecule has 2 rings (SSSR count). The second-order valence-electron chi connectivity index (χ2n) is 3.53. The van der Waals surface area contributed by atoms with Gasteiger partial charge in [-0.25, -0.2) is 4.39 Å². The lowest BCUT2D eigenvalue weighted by Gasteiger charge is -2.05. The topological polar surface area (TPSA) is 33.0 Å². The maximum absolute atomic E-state index is 13.0. The molecule has 0 fully saturated rings. The summed E-state index contributed by atoms with van der Waals surface area (Å²) in [5.41, 5.74) is 0.336. The number of methoxy groups -OCH3 is 1. The molecule has 4 heteroatoms. The van der Waals surface area contributed by atoms with Gasteiger partial charge in [0.2, 0.25) is 0 Å². The molecule has 0 aliphatic rings. The predicted octanol–water partition coefficient (Wildman–Crippen LogP) is 3.86. The van der Waals surface area contributed by atoms with Crippen LogP contribution in [0.3, 0.4) is 0 Å². The molecule has 0 heterocycles. The molecule has 2 aromatic carbocycles. The summed E-state index contributed by atoms with van der Waals surface area (Å²) in [5, 5.41) is 8.97. The normalized spacial score (nSPS) is 9.83. The lowest BCUT2D eigenvalue weighted by molar-refractivity contribution is 0.413. The minimum absolute atomic E-state index is 0.336. The van der Waals surface area contributed by atoms with Gasteiger partial charge in [-0.3, -0.25) is 0 Å². The van der Waals surface area contributed by atoms with Crippen molar-refractivity contribution in [2.24, 2.45) is 0 Å². The van der Waals surface area contributed by atoms with Gasteiger partial charge in [0.15, 0.2) is 0 Å². The molecule has 0 unspecified atom stereocenters. The van der Waals surface area contributed by atoms with Crippen LogP contribution in [0.1, 0.15) is 5.56 Å². The molecule has 0 aromatic heterocycles. The predicted molar refractivity (Wildman–Crippen MR) is 68.2 cm³/mol. The van der Waals surface area contributed by atoms with Gasteiger partial charge in [0.25, 0.3) is 0 Å². The van der Waals surface area contributed by atoms with E-state index in [0.717, 1.165) is 15.5 Å². The van der Waals surface area contributed by atoms with E-state index < -0.39 is 5.82 Å². The van der Waals surface area contributed by atoms with Gasteiger partial charge < -0.3 is 4.74 Å². The van der Waals surface area contributed by atoms with Gasteiger partial charge in [0, 0.05) is 9.79 Å². The number of ether oxygens (including phenoxy) is 1. The molecular weight excluding hydrogens is 249 g/mol. The fraction of sp³-hybridized carbons (Fsp3) is 0.0714. The Morgan fingerprint density at radius 1 is 1.22 bits per heavy atom. The van der Waals surface area contributed by atoms with E-state index in [-0.39, 0.29) is 0 Å². The summed E-state index contributed by atoms with van der Waals surface area (Å²) in [4.78, 5) is 1.67. The zero-order chi connectivity index (χ0) is 13.0. The molecule has 0 aliphatic heterocycles. The summed E-state index contributed by atoms with van der Waals surface area (Å²) < 4.78 is 18.1. The molecule has 18 heavy (non-hydrogen) atoms. The number of halogens is 1. The first-order chi connectivity index (χ1) is 8.72. The lowest BCUT2D eigenvalue weighted by atomic mass is 10.2. The van der Waals surface area contributed by atoms with E-state index in [0.29, 0.717) is 5.56 Å². The van der Waals surface area contributed by atoms with Gasteiger partial charge in [0.1, 0.15) is 17.6 Å². The van der Waals surface area contributed by atoms with Crippen LogP contribution < -0.4 is 4.74 Å². The van der Waals surface area contributed by atoms with Crippen molar-refractivity contribution in [3.05, 3.63) is 53.8 Å². The summed E-state index contributed by atoms with van der Waals surface area (Å²) in [6.45, 7) is 0. The van der Waals surface area contributed by atoms with Crippen molar-refractivity contribution in [2.45, 2.75) is 9.79 Å². The first kappa shape index (κ1) is 12.5. The quantitative estimate of drug-likeness (QED) is 0.839. The number of nitriles is 1. The van der Waals surface area contributed by atoms with Gasteiger partial charge in [-0.05, 0) is 36.4 Å². The maximum Gasteiger partial charge on any atom is 0.124 e. The second kappa shape index (κ2) is 5.56. The average molecular weight is 259 g/mol. The van der Waals surface area contributed by atoms with E-state index in [4.69, 9.17) is 10.00 Å². The van der Waals surface area contributed by atoms with Crippen LogP contribution in [0, 0.1) is 17.1 Å². The van der Waals surface area contributed by atoms with Crippen molar-refractivity contribution >= 4 is 11.8 Å². The Morgan fingerprint density at radius 3 is 2.78 bits per heavy atom. The van der Waals surface area contributed by atoms with E-state index >= 15 is 0 Å². The lowest BCUT2D eigenvalue weighted by Crippen LogP contribution is -1.85. The number of hydrogen-bond donors (Lipinski definition) is 0. The first-order valence-electron chi connectivity index (χ1n) is 5.24. The van der Waals surface area contributed by atoms with Crippen LogP contribution in [0.2, 0.25) is 0 Å². The van der Waals surface area contributed by atoms with Crippen molar-refractivity contribution in [1.29, 1.82) is 5.26 Å². The average Bonchev–Trinajstić information content (AvgIpc) is 2.41. The summed E-state index contributed by atoms with van der Waals surface area (Å²) in [5.74, 6) is 0.349. The van der Waals surface area contributed by atoms with Crippen molar-refractivity contribution in [2.75, 3.05) is 7.11 Å². The van der Waals surface area contributed by atoms with Gasteiger partial charge in [-0.1, -0.05) is 17.8 Å². The standard InChI is InChI=1S/C14H10FNOS/c1-17-12-3-2-4-13(8-12)18-14-6-5-11(15)7-10(14)9-16/h2-8H,1H3. The molecule has 0 N–H and O–H groups in total. The van der Waals surface area contributed by atoms with Crippen LogP contribution in [0.25, 0.3) is 0 Å². The van der Waals surface area contributed by atoms with Crippen LogP contribution in [0.5, 0.6) is 5.75 Å². The van der Waals surface area contributed by atoms with Gasteiger partial charge in [-0.2, -0.15) is 5.26 Å². The Morgan fingerprint density at radius 2 is 2.06 bits per heavy atom. The summed E-state index contributed by atoms with van der Waals surface area (Å²) in [6.07, 6.45) is 0. The zero-order valence-corrected chi connectivity index (χ0v) is 10.5. The Balaban J connectivity index is 2.31. The van der Waals surface area contributed by atoms with Crippen molar-refractivity contribution in [3.8, 4) is 11.8 Å². The van der Waals surface area contributed by atoms with E-state index in [1.807, 2.05) is 30.3 Å². The third-order valence-electron chi connectivity index (χ3n) is 2.33.